The van der Waals surface area contributed by atoms with E-state index in [1.165, 1.54) is 0 Å². The van der Waals surface area contributed by atoms with Crippen LogP contribution in [0.3, 0.4) is 0 Å². The predicted molar refractivity (Wildman–Crippen MR) is 80.1 cm³/mol. The summed E-state index contributed by atoms with van der Waals surface area (Å²) in [5.41, 5.74) is 1.08. The highest BCUT2D eigenvalue weighted by Crippen LogP contribution is 2.28. The van der Waals surface area contributed by atoms with E-state index in [0.29, 0.717) is 22.0 Å². The minimum atomic E-state index is -0.255. The van der Waals surface area contributed by atoms with E-state index in [1.54, 1.807) is 49.6 Å². The van der Waals surface area contributed by atoms with Gasteiger partial charge in [0, 0.05) is 11.8 Å². The Morgan fingerprint density at radius 1 is 1.26 bits per heavy atom. The molecule has 1 amide bonds. The van der Waals surface area contributed by atoms with Gasteiger partial charge in [-0.05, 0) is 40.2 Å². The summed E-state index contributed by atoms with van der Waals surface area (Å²) in [4.78, 5) is 12.1. The molecule has 0 fully saturated rings. The van der Waals surface area contributed by atoms with Crippen molar-refractivity contribution < 1.29 is 9.53 Å². The van der Waals surface area contributed by atoms with Crippen LogP contribution < -0.4 is 10.1 Å². The van der Waals surface area contributed by atoms with Gasteiger partial charge in [-0.2, -0.15) is 0 Å². The van der Waals surface area contributed by atoms with Crippen molar-refractivity contribution in [1.29, 1.82) is 0 Å². The molecule has 0 aliphatic carbocycles. The topological polar surface area (TPSA) is 38.3 Å². The standard InChI is InChI=1S/C14H11BrClNO2/c1-19-13-8-9(6-7-11(13)15)17-14(18)10-4-2-3-5-12(10)16/h2-8H,1H3,(H,17,18). The molecular weight excluding hydrogens is 330 g/mol. The van der Waals surface area contributed by atoms with Crippen LogP contribution in [0, 0.1) is 0 Å². The van der Waals surface area contributed by atoms with Crippen molar-refractivity contribution in [3.63, 3.8) is 0 Å². The Balaban J connectivity index is 2.22. The SMILES string of the molecule is COc1cc(NC(=O)c2ccccc2Cl)ccc1Br. The molecule has 5 heteroatoms. The van der Waals surface area contributed by atoms with Gasteiger partial charge >= 0.3 is 0 Å². The van der Waals surface area contributed by atoms with Gasteiger partial charge in [-0.3, -0.25) is 4.79 Å². The van der Waals surface area contributed by atoms with E-state index < -0.39 is 0 Å². The van der Waals surface area contributed by atoms with Crippen molar-refractivity contribution in [3.8, 4) is 5.75 Å². The first-order chi connectivity index (χ1) is 9.11. The first-order valence-corrected chi connectivity index (χ1v) is 6.68. The van der Waals surface area contributed by atoms with Crippen LogP contribution in [0.1, 0.15) is 10.4 Å². The Morgan fingerprint density at radius 3 is 2.68 bits per heavy atom. The summed E-state index contributed by atoms with van der Waals surface area (Å²) in [5.74, 6) is 0.395. The van der Waals surface area contributed by atoms with E-state index in [1.807, 2.05) is 0 Å². The third kappa shape index (κ3) is 3.28. The summed E-state index contributed by atoms with van der Waals surface area (Å²) in [6, 6.07) is 12.2. The molecule has 19 heavy (non-hydrogen) atoms. The number of carbonyl (C=O) groups excluding carboxylic acids is 1. The first kappa shape index (κ1) is 13.9. The van der Waals surface area contributed by atoms with Gasteiger partial charge in [-0.15, -0.1) is 0 Å². The van der Waals surface area contributed by atoms with Crippen LogP contribution in [-0.2, 0) is 0 Å². The maximum absolute atomic E-state index is 12.1. The van der Waals surface area contributed by atoms with Gasteiger partial charge in [-0.1, -0.05) is 23.7 Å². The lowest BCUT2D eigenvalue weighted by atomic mass is 10.2. The number of rotatable bonds is 3. The van der Waals surface area contributed by atoms with Crippen LogP contribution in [0.5, 0.6) is 5.75 Å². The lowest BCUT2D eigenvalue weighted by molar-refractivity contribution is 0.102. The summed E-state index contributed by atoms with van der Waals surface area (Å²) in [5, 5.41) is 3.20. The first-order valence-electron chi connectivity index (χ1n) is 5.51. The van der Waals surface area contributed by atoms with Crippen molar-refractivity contribution in [2.24, 2.45) is 0 Å². The van der Waals surface area contributed by atoms with Crippen LogP contribution in [0.25, 0.3) is 0 Å². The molecule has 2 rings (SSSR count). The highest BCUT2D eigenvalue weighted by Gasteiger charge is 2.10. The van der Waals surface area contributed by atoms with Crippen LogP contribution in [0.15, 0.2) is 46.9 Å². The Hall–Kier alpha value is -1.52. The maximum atomic E-state index is 12.1. The molecule has 0 bridgehead atoms. The van der Waals surface area contributed by atoms with E-state index in [0.717, 1.165) is 4.47 Å². The number of nitrogens with one attached hydrogen (secondary N) is 1. The molecule has 1 N–H and O–H groups in total. The molecule has 0 saturated carbocycles. The van der Waals surface area contributed by atoms with E-state index >= 15 is 0 Å². The fraction of sp³-hybridized carbons (Fsp3) is 0.0714. The highest BCUT2D eigenvalue weighted by atomic mass is 79.9. The van der Waals surface area contributed by atoms with E-state index in [9.17, 15) is 4.79 Å². The molecule has 0 spiro atoms. The molecule has 2 aromatic carbocycles. The third-order valence-electron chi connectivity index (χ3n) is 2.53. The molecule has 0 aliphatic rings. The Morgan fingerprint density at radius 2 is 2.00 bits per heavy atom. The normalized spacial score (nSPS) is 10.1. The summed E-state index contributed by atoms with van der Waals surface area (Å²) in [7, 11) is 1.57. The molecular formula is C14H11BrClNO2. The predicted octanol–water partition coefficient (Wildman–Crippen LogP) is 4.36. The van der Waals surface area contributed by atoms with E-state index in [4.69, 9.17) is 16.3 Å². The van der Waals surface area contributed by atoms with Gasteiger partial charge in [0.2, 0.25) is 0 Å². The fourth-order valence-corrected chi connectivity index (χ4v) is 2.21. The molecule has 0 aromatic heterocycles. The summed E-state index contributed by atoms with van der Waals surface area (Å²) < 4.78 is 6.00. The Bertz CT molecular complexity index is 616. The molecule has 0 unspecified atom stereocenters. The molecule has 0 saturated heterocycles. The van der Waals surface area contributed by atoms with Crippen molar-refractivity contribution >= 4 is 39.1 Å². The summed E-state index contributed by atoms with van der Waals surface area (Å²) >= 11 is 9.33. The second-order valence-electron chi connectivity index (χ2n) is 3.78. The van der Waals surface area contributed by atoms with Crippen molar-refractivity contribution in [2.45, 2.75) is 0 Å². The lowest BCUT2D eigenvalue weighted by Crippen LogP contribution is -2.12. The van der Waals surface area contributed by atoms with Gasteiger partial charge in [-0.25, -0.2) is 0 Å². The Labute approximate surface area is 124 Å². The van der Waals surface area contributed by atoms with Crippen LogP contribution in [0.2, 0.25) is 5.02 Å². The average molecular weight is 341 g/mol. The number of anilines is 1. The van der Waals surface area contributed by atoms with Crippen molar-refractivity contribution in [3.05, 3.63) is 57.5 Å². The molecule has 2 aromatic rings. The largest absolute Gasteiger partial charge is 0.495 e. The summed E-state index contributed by atoms with van der Waals surface area (Å²) in [6.07, 6.45) is 0. The smallest absolute Gasteiger partial charge is 0.257 e. The van der Waals surface area contributed by atoms with Gasteiger partial charge in [0.05, 0.1) is 22.2 Å². The minimum Gasteiger partial charge on any atom is -0.495 e. The van der Waals surface area contributed by atoms with Gasteiger partial charge in [0.1, 0.15) is 5.75 Å². The van der Waals surface area contributed by atoms with Crippen LogP contribution in [0.4, 0.5) is 5.69 Å². The molecule has 3 nitrogen and oxygen atoms in total. The number of hydrogen-bond donors (Lipinski definition) is 1. The van der Waals surface area contributed by atoms with Crippen molar-refractivity contribution in [1.82, 2.24) is 0 Å². The fourth-order valence-electron chi connectivity index (χ4n) is 1.58. The zero-order valence-corrected chi connectivity index (χ0v) is 12.5. The third-order valence-corrected chi connectivity index (χ3v) is 3.51. The van der Waals surface area contributed by atoms with Crippen LogP contribution in [-0.4, -0.2) is 13.0 Å². The number of methoxy groups -OCH3 is 1. The minimum absolute atomic E-state index is 0.255. The highest BCUT2D eigenvalue weighted by molar-refractivity contribution is 9.10. The van der Waals surface area contributed by atoms with Crippen LogP contribution >= 0.6 is 27.5 Å². The maximum Gasteiger partial charge on any atom is 0.257 e. The molecule has 0 heterocycles. The monoisotopic (exact) mass is 339 g/mol. The van der Waals surface area contributed by atoms with Crippen molar-refractivity contribution in [2.75, 3.05) is 12.4 Å². The van der Waals surface area contributed by atoms with E-state index in [-0.39, 0.29) is 5.91 Å². The quantitative estimate of drug-likeness (QED) is 0.901. The molecule has 0 radical (unpaired) electrons. The number of ether oxygens (including phenoxy) is 1. The summed E-state index contributed by atoms with van der Waals surface area (Å²) in [6.45, 7) is 0. The molecule has 0 aliphatic heterocycles. The average Bonchev–Trinajstić information content (AvgIpc) is 2.41. The van der Waals surface area contributed by atoms with Gasteiger partial charge < -0.3 is 10.1 Å². The van der Waals surface area contributed by atoms with Gasteiger partial charge in [0.25, 0.3) is 5.91 Å². The zero-order chi connectivity index (χ0) is 13.8. The van der Waals surface area contributed by atoms with Gasteiger partial charge in [0.15, 0.2) is 0 Å². The second kappa shape index (κ2) is 6.08. The number of benzene rings is 2. The molecule has 0 atom stereocenters. The second-order valence-corrected chi connectivity index (χ2v) is 5.04. The number of amides is 1. The Kier molecular flexibility index (Phi) is 4.45. The molecule has 98 valence electrons. The zero-order valence-electron chi connectivity index (χ0n) is 10.1. The van der Waals surface area contributed by atoms with E-state index in [2.05, 4.69) is 21.2 Å². The lowest BCUT2D eigenvalue weighted by Gasteiger charge is -2.09. The number of hydrogen-bond acceptors (Lipinski definition) is 2. The number of halogens is 2. The number of carbonyl (C=O) groups is 1.